The zero-order valence-electron chi connectivity index (χ0n) is 4.89. The van der Waals surface area contributed by atoms with Crippen molar-refractivity contribution in [3.63, 3.8) is 0 Å². The standard InChI is InChI=1S/C6H5BrNO/c1-9-5-2-3-6(7)8-4-5/h2-3H,1H3. The third-order valence-electron chi connectivity index (χ3n) is 0.865. The molecule has 0 aliphatic carbocycles. The van der Waals surface area contributed by atoms with Gasteiger partial charge in [0.05, 0.1) is 7.11 Å². The van der Waals surface area contributed by atoms with Gasteiger partial charge in [-0.2, -0.15) is 0 Å². The lowest BCUT2D eigenvalue weighted by molar-refractivity contribution is 0.411. The molecule has 1 rings (SSSR count). The highest BCUT2D eigenvalue weighted by Gasteiger charge is 1.89. The maximum absolute atomic E-state index is 4.83. The fourth-order valence-corrected chi connectivity index (χ4v) is 0.662. The van der Waals surface area contributed by atoms with E-state index in [2.05, 4.69) is 27.1 Å². The Morgan fingerprint density at radius 1 is 1.67 bits per heavy atom. The van der Waals surface area contributed by atoms with Crippen LogP contribution in [-0.4, -0.2) is 12.1 Å². The molecule has 47 valence electrons. The van der Waals surface area contributed by atoms with Gasteiger partial charge in [-0.15, -0.1) is 0 Å². The van der Waals surface area contributed by atoms with Crippen LogP contribution in [-0.2, 0) is 0 Å². The van der Waals surface area contributed by atoms with Gasteiger partial charge in [0.1, 0.15) is 16.5 Å². The predicted octanol–water partition coefficient (Wildman–Crippen LogP) is 1.65. The van der Waals surface area contributed by atoms with E-state index in [1.165, 1.54) is 0 Å². The van der Waals surface area contributed by atoms with Crippen molar-refractivity contribution in [1.82, 2.24) is 4.98 Å². The van der Waals surface area contributed by atoms with Gasteiger partial charge in [0.15, 0.2) is 0 Å². The quantitative estimate of drug-likeness (QED) is 0.623. The summed E-state index contributed by atoms with van der Waals surface area (Å²) >= 11 is 3.18. The van der Waals surface area contributed by atoms with Crippen molar-refractivity contribution >= 4 is 15.9 Å². The lowest BCUT2D eigenvalue weighted by Gasteiger charge is -1.94. The second-order valence-corrected chi connectivity index (χ2v) is 2.26. The number of rotatable bonds is 1. The van der Waals surface area contributed by atoms with Crippen molar-refractivity contribution in [2.24, 2.45) is 0 Å². The van der Waals surface area contributed by atoms with Crippen molar-refractivity contribution < 1.29 is 4.74 Å². The Labute approximate surface area is 62.0 Å². The normalized spacial score (nSPS) is 9.11. The molecule has 0 N–H and O–H groups in total. The summed E-state index contributed by atoms with van der Waals surface area (Å²) in [6.07, 6.45) is 2.67. The Morgan fingerprint density at radius 3 is 2.89 bits per heavy atom. The van der Waals surface area contributed by atoms with E-state index in [1.807, 2.05) is 0 Å². The van der Waals surface area contributed by atoms with Crippen molar-refractivity contribution in [2.75, 3.05) is 7.11 Å². The first-order chi connectivity index (χ1) is 4.33. The van der Waals surface area contributed by atoms with Crippen LogP contribution in [0.5, 0.6) is 5.75 Å². The van der Waals surface area contributed by atoms with Gasteiger partial charge >= 0.3 is 0 Å². The van der Waals surface area contributed by atoms with Crippen molar-refractivity contribution in [2.45, 2.75) is 0 Å². The first-order valence-electron chi connectivity index (χ1n) is 2.41. The van der Waals surface area contributed by atoms with Gasteiger partial charge in [0, 0.05) is 0 Å². The lowest BCUT2D eigenvalue weighted by atomic mass is 10.5. The van der Waals surface area contributed by atoms with E-state index in [4.69, 9.17) is 4.74 Å². The minimum atomic E-state index is 0.651. The molecule has 0 aliphatic rings. The highest BCUT2D eigenvalue weighted by atomic mass is 79.9. The molecule has 1 aromatic rings. The first-order valence-corrected chi connectivity index (χ1v) is 3.20. The molecule has 0 fully saturated rings. The smallest absolute Gasteiger partial charge is 0.146 e. The minimum absolute atomic E-state index is 0.651. The van der Waals surface area contributed by atoms with Gasteiger partial charge in [0.2, 0.25) is 0 Å². The molecule has 0 bridgehead atoms. The number of methoxy groups -OCH3 is 1. The van der Waals surface area contributed by atoms with Crippen LogP contribution in [0.4, 0.5) is 0 Å². The Hall–Kier alpha value is -0.570. The highest BCUT2D eigenvalue weighted by Crippen LogP contribution is 2.10. The SMILES string of the molecule is COc1[c]nc(Br)cc1. The zero-order chi connectivity index (χ0) is 6.69. The molecule has 1 radical (unpaired) electrons. The number of pyridine rings is 1. The average Bonchev–Trinajstić information content (AvgIpc) is 1.90. The van der Waals surface area contributed by atoms with Crippen LogP contribution in [0.1, 0.15) is 0 Å². The Kier molecular flexibility index (Phi) is 2.05. The lowest BCUT2D eigenvalue weighted by Crippen LogP contribution is -1.83. The minimum Gasteiger partial charge on any atom is -0.494 e. The number of halogens is 1. The molecule has 0 atom stereocenters. The van der Waals surface area contributed by atoms with Gasteiger partial charge in [-0.05, 0) is 28.1 Å². The second-order valence-electron chi connectivity index (χ2n) is 1.45. The Balaban J connectivity index is 2.88. The molecule has 9 heavy (non-hydrogen) atoms. The third-order valence-corrected chi connectivity index (χ3v) is 1.31. The fraction of sp³-hybridized carbons (Fsp3) is 0.167. The largest absolute Gasteiger partial charge is 0.494 e. The Bertz CT molecular complexity index is 185. The maximum atomic E-state index is 4.83. The summed E-state index contributed by atoms with van der Waals surface area (Å²) in [6, 6.07) is 3.59. The van der Waals surface area contributed by atoms with E-state index in [-0.39, 0.29) is 0 Å². The van der Waals surface area contributed by atoms with E-state index in [0.29, 0.717) is 5.75 Å². The van der Waals surface area contributed by atoms with Crippen molar-refractivity contribution in [3.8, 4) is 5.75 Å². The van der Waals surface area contributed by atoms with E-state index in [0.717, 1.165) is 4.60 Å². The summed E-state index contributed by atoms with van der Waals surface area (Å²) in [6.45, 7) is 0. The van der Waals surface area contributed by atoms with Gasteiger partial charge in [-0.25, -0.2) is 4.98 Å². The Morgan fingerprint density at radius 2 is 2.44 bits per heavy atom. The molecule has 0 saturated carbocycles. The molecule has 0 unspecified atom stereocenters. The average molecular weight is 187 g/mol. The number of nitrogens with zero attached hydrogens (tertiary/aromatic N) is 1. The van der Waals surface area contributed by atoms with E-state index >= 15 is 0 Å². The maximum Gasteiger partial charge on any atom is 0.146 e. The number of hydrogen-bond donors (Lipinski definition) is 0. The fourth-order valence-electron chi connectivity index (χ4n) is 0.441. The van der Waals surface area contributed by atoms with Crippen molar-refractivity contribution in [1.29, 1.82) is 0 Å². The van der Waals surface area contributed by atoms with Gasteiger partial charge in [-0.1, -0.05) is 0 Å². The first kappa shape index (κ1) is 6.55. The van der Waals surface area contributed by atoms with Crippen LogP contribution in [0, 0.1) is 6.20 Å². The molecule has 1 aromatic heterocycles. The second kappa shape index (κ2) is 2.82. The van der Waals surface area contributed by atoms with Crippen LogP contribution < -0.4 is 4.74 Å². The van der Waals surface area contributed by atoms with Gasteiger partial charge in [0.25, 0.3) is 0 Å². The molecule has 0 amide bonds. The topological polar surface area (TPSA) is 22.1 Å². The molecule has 0 aromatic carbocycles. The van der Waals surface area contributed by atoms with E-state index < -0.39 is 0 Å². The number of aromatic nitrogens is 1. The van der Waals surface area contributed by atoms with E-state index in [1.54, 1.807) is 19.2 Å². The summed E-state index contributed by atoms with van der Waals surface area (Å²) in [5, 5.41) is 0. The van der Waals surface area contributed by atoms with Crippen LogP contribution in [0.25, 0.3) is 0 Å². The predicted molar refractivity (Wildman–Crippen MR) is 37.3 cm³/mol. The summed E-state index contributed by atoms with van der Waals surface area (Å²) in [5.41, 5.74) is 0. The van der Waals surface area contributed by atoms with Crippen molar-refractivity contribution in [3.05, 3.63) is 22.9 Å². The summed E-state index contributed by atoms with van der Waals surface area (Å²) in [4.78, 5) is 3.82. The molecule has 0 spiro atoms. The molecular weight excluding hydrogens is 182 g/mol. The van der Waals surface area contributed by atoms with Crippen LogP contribution in [0.15, 0.2) is 16.7 Å². The number of ether oxygens (including phenoxy) is 1. The van der Waals surface area contributed by atoms with E-state index in [9.17, 15) is 0 Å². The summed E-state index contributed by atoms with van der Waals surface area (Å²) in [7, 11) is 1.58. The summed E-state index contributed by atoms with van der Waals surface area (Å²) in [5.74, 6) is 0.651. The number of hydrogen-bond acceptors (Lipinski definition) is 2. The molecule has 3 heteroatoms. The zero-order valence-corrected chi connectivity index (χ0v) is 6.47. The van der Waals surface area contributed by atoms with Gasteiger partial charge < -0.3 is 4.74 Å². The molecule has 2 nitrogen and oxygen atoms in total. The molecule has 0 saturated heterocycles. The third kappa shape index (κ3) is 1.68. The summed E-state index contributed by atoms with van der Waals surface area (Å²) < 4.78 is 5.60. The monoisotopic (exact) mass is 186 g/mol. The highest BCUT2D eigenvalue weighted by molar-refractivity contribution is 9.10. The van der Waals surface area contributed by atoms with Crippen LogP contribution in [0.3, 0.4) is 0 Å². The molecule has 1 heterocycles. The van der Waals surface area contributed by atoms with Gasteiger partial charge in [-0.3, -0.25) is 0 Å². The molecular formula is C6H5BrNO. The van der Waals surface area contributed by atoms with Crippen LogP contribution in [0.2, 0.25) is 0 Å². The molecule has 0 aliphatic heterocycles. The van der Waals surface area contributed by atoms with Crippen LogP contribution >= 0.6 is 15.9 Å².